The molecule has 0 aliphatic rings. The summed E-state index contributed by atoms with van der Waals surface area (Å²) in [5.74, 6) is 0.718. The summed E-state index contributed by atoms with van der Waals surface area (Å²) in [6, 6.07) is 3.59. The molecule has 1 aromatic carbocycles. The van der Waals surface area contributed by atoms with Gasteiger partial charge in [0.2, 0.25) is 0 Å². The molecule has 1 rings (SSSR count). The number of benzene rings is 1. The van der Waals surface area contributed by atoms with Gasteiger partial charge in [0.05, 0.1) is 22.3 Å². The monoisotopic (exact) mass is 307 g/mol. The van der Waals surface area contributed by atoms with Crippen LogP contribution in [-0.4, -0.2) is 18.5 Å². The number of ether oxygens (including phenoxy) is 1. The van der Waals surface area contributed by atoms with Crippen molar-refractivity contribution in [3.8, 4) is 5.75 Å². The van der Waals surface area contributed by atoms with Gasteiger partial charge in [0, 0.05) is 0 Å². The molecule has 5 heteroatoms. The van der Waals surface area contributed by atoms with Crippen LogP contribution in [0.3, 0.4) is 0 Å². The van der Waals surface area contributed by atoms with Gasteiger partial charge in [-0.15, -0.1) is 0 Å². The van der Waals surface area contributed by atoms with Crippen molar-refractivity contribution in [1.82, 2.24) is 0 Å². The molecule has 0 heterocycles. The van der Waals surface area contributed by atoms with Crippen LogP contribution in [0.25, 0.3) is 0 Å². The standard InChI is InChI=1S/C8H7Br2NO2/c1-13-8-6(9)2-5(4-11-12)3-7(8)10/h2-4,12H,1H3/b11-4+. The average molecular weight is 309 g/mol. The summed E-state index contributed by atoms with van der Waals surface area (Å²) in [6.45, 7) is 0. The van der Waals surface area contributed by atoms with Crippen LogP contribution in [0.4, 0.5) is 0 Å². The SMILES string of the molecule is COc1c(Br)cc(/C=N/O)cc1Br. The van der Waals surface area contributed by atoms with Crippen molar-refractivity contribution < 1.29 is 9.94 Å². The lowest BCUT2D eigenvalue weighted by atomic mass is 10.2. The van der Waals surface area contributed by atoms with Crippen LogP contribution in [0.1, 0.15) is 5.56 Å². The van der Waals surface area contributed by atoms with Crippen LogP contribution in [0.5, 0.6) is 5.75 Å². The van der Waals surface area contributed by atoms with Crippen molar-refractivity contribution >= 4 is 38.1 Å². The molecule has 1 aromatic rings. The highest BCUT2D eigenvalue weighted by molar-refractivity contribution is 9.11. The molecular weight excluding hydrogens is 302 g/mol. The molecule has 0 fully saturated rings. The van der Waals surface area contributed by atoms with E-state index in [4.69, 9.17) is 9.94 Å². The van der Waals surface area contributed by atoms with E-state index >= 15 is 0 Å². The first-order valence-corrected chi connectivity index (χ1v) is 4.98. The molecule has 0 aliphatic heterocycles. The van der Waals surface area contributed by atoms with Gasteiger partial charge in [-0.1, -0.05) is 5.16 Å². The summed E-state index contributed by atoms with van der Waals surface area (Å²) >= 11 is 6.66. The number of nitrogens with zero attached hydrogens (tertiary/aromatic N) is 1. The van der Waals surface area contributed by atoms with Gasteiger partial charge in [-0.3, -0.25) is 0 Å². The van der Waals surface area contributed by atoms with E-state index in [0.29, 0.717) is 0 Å². The number of hydrogen-bond donors (Lipinski definition) is 1. The summed E-state index contributed by atoms with van der Waals surface area (Å²) in [5.41, 5.74) is 0.780. The fourth-order valence-corrected chi connectivity index (χ4v) is 2.46. The molecule has 0 saturated heterocycles. The Bertz CT molecular complexity index is 316. The van der Waals surface area contributed by atoms with Crippen molar-refractivity contribution in [3.05, 3.63) is 26.6 Å². The van der Waals surface area contributed by atoms with Crippen LogP contribution < -0.4 is 4.74 Å². The Balaban J connectivity index is 3.20. The van der Waals surface area contributed by atoms with E-state index in [1.165, 1.54) is 6.21 Å². The second-order valence-corrected chi connectivity index (χ2v) is 3.97. The number of hydrogen-bond acceptors (Lipinski definition) is 3. The second-order valence-electron chi connectivity index (χ2n) is 2.26. The molecule has 0 radical (unpaired) electrons. The fourth-order valence-electron chi connectivity index (χ4n) is 0.916. The van der Waals surface area contributed by atoms with E-state index in [-0.39, 0.29) is 0 Å². The molecule has 13 heavy (non-hydrogen) atoms. The number of rotatable bonds is 2. The van der Waals surface area contributed by atoms with Gasteiger partial charge >= 0.3 is 0 Å². The zero-order valence-electron chi connectivity index (χ0n) is 6.79. The Hall–Kier alpha value is -0.550. The zero-order valence-corrected chi connectivity index (χ0v) is 9.96. The summed E-state index contributed by atoms with van der Waals surface area (Å²) < 4.78 is 6.72. The molecule has 3 nitrogen and oxygen atoms in total. The first kappa shape index (κ1) is 10.5. The smallest absolute Gasteiger partial charge is 0.147 e. The Morgan fingerprint density at radius 3 is 2.31 bits per heavy atom. The number of halogens is 2. The number of methoxy groups -OCH3 is 1. The molecule has 0 saturated carbocycles. The van der Waals surface area contributed by atoms with Crippen LogP contribution >= 0.6 is 31.9 Å². The Morgan fingerprint density at radius 1 is 1.38 bits per heavy atom. The highest BCUT2D eigenvalue weighted by Crippen LogP contribution is 2.33. The first-order valence-electron chi connectivity index (χ1n) is 3.39. The maximum absolute atomic E-state index is 8.34. The summed E-state index contributed by atoms with van der Waals surface area (Å²) in [7, 11) is 1.59. The van der Waals surface area contributed by atoms with E-state index in [9.17, 15) is 0 Å². The van der Waals surface area contributed by atoms with Crippen LogP contribution in [0.2, 0.25) is 0 Å². The van der Waals surface area contributed by atoms with Crippen LogP contribution in [-0.2, 0) is 0 Å². The van der Waals surface area contributed by atoms with Gasteiger partial charge in [-0.05, 0) is 49.6 Å². The predicted octanol–water partition coefficient (Wildman–Crippen LogP) is 3.03. The van der Waals surface area contributed by atoms with E-state index in [1.54, 1.807) is 19.2 Å². The lowest BCUT2D eigenvalue weighted by Crippen LogP contribution is -1.89. The van der Waals surface area contributed by atoms with E-state index in [2.05, 4.69) is 37.0 Å². The Morgan fingerprint density at radius 2 is 1.92 bits per heavy atom. The fraction of sp³-hybridized carbons (Fsp3) is 0.125. The Kier molecular flexibility index (Phi) is 3.74. The molecule has 0 atom stereocenters. The minimum atomic E-state index is 0.718. The molecule has 0 amide bonds. The third-order valence-corrected chi connectivity index (χ3v) is 2.61. The van der Waals surface area contributed by atoms with E-state index in [0.717, 1.165) is 20.3 Å². The van der Waals surface area contributed by atoms with Crippen molar-refractivity contribution in [2.45, 2.75) is 0 Å². The molecule has 1 N–H and O–H groups in total. The molecule has 0 bridgehead atoms. The zero-order chi connectivity index (χ0) is 9.84. The first-order chi connectivity index (χ1) is 6.19. The third kappa shape index (κ3) is 2.45. The predicted molar refractivity (Wildman–Crippen MR) is 57.8 cm³/mol. The van der Waals surface area contributed by atoms with Crippen LogP contribution in [0, 0.1) is 0 Å². The minimum Gasteiger partial charge on any atom is -0.494 e. The summed E-state index contributed by atoms with van der Waals surface area (Å²) in [6.07, 6.45) is 1.34. The molecule has 0 spiro atoms. The highest BCUT2D eigenvalue weighted by Gasteiger charge is 2.06. The molecule has 0 aliphatic carbocycles. The quantitative estimate of drug-likeness (QED) is 0.518. The van der Waals surface area contributed by atoms with Gasteiger partial charge < -0.3 is 9.94 Å². The number of oxime groups is 1. The minimum absolute atomic E-state index is 0.718. The lowest BCUT2D eigenvalue weighted by molar-refractivity contribution is 0.322. The maximum Gasteiger partial charge on any atom is 0.147 e. The van der Waals surface area contributed by atoms with Crippen molar-refractivity contribution in [3.63, 3.8) is 0 Å². The summed E-state index contributed by atoms with van der Waals surface area (Å²) in [4.78, 5) is 0. The van der Waals surface area contributed by atoms with Crippen molar-refractivity contribution in [2.24, 2.45) is 5.16 Å². The highest BCUT2D eigenvalue weighted by atomic mass is 79.9. The molecular formula is C8H7Br2NO2. The van der Waals surface area contributed by atoms with Gasteiger partial charge in [0.1, 0.15) is 5.75 Å². The third-order valence-electron chi connectivity index (χ3n) is 1.43. The average Bonchev–Trinajstić information content (AvgIpc) is 2.04. The van der Waals surface area contributed by atoms with Crippen molar-refractivity contribution in [1.29, 1.82) is 0 Å². The summed E-state index contributed by atoms with van der Waals surface area (Å²) in [5, 5.41) is 11.3. The topological polar surface area (TPSA) is 41.8 Å². The normalized spacial score (nSPS) is 10.7. The van der Waals surface area contributed by atoms with Gasteiger partial charge in [0.15, 0.2) is 0 Å². The second kappa shape index (κ2) is 4.62. The molecule has 0 unspecified atom stereocenters. The van der Waals surface area contributed by atoms with E-state index in [1.807, 2.05) is 0 Å². The van der Waals surface area contributed by atoms with Gasteiger partial charge in [-0.2, -0.15) is 0 Å². The molecule has 0 aromatic heterocycles. The maximum atomic E-state index is 8.34. The molecule has 70 valence electrons. The van der Waals surface area contributed by atoms with Crippen LogP contribution in [0.15, 0.2) is 26.2 Å². The van der Waals surface area contributed by atoms with Gasteiger partial charge in [-0.25, -0.2) is 0 Å². The van der Waals surface area contributed by atoms with Gasteiger partial charge in [0.25, 0.3) is 0 Å². The van der Waals surface area contributed by atoms with E-state index < -0.39 is 0 Å². The lowest BCUT2D eigenvalue weighted by Gasteiger charge is -2.06. The van der Waals surface area contributed by atoms with Crippen molar-refractivity contribution in [2.75, 3.05) is 7.11 Å². The largest absolute Gasteiger partial charge is 0.494 e. The Labute approximate surface area is 92.7 Å².